The number of thioether (sulfide) groups is 1. The van der Waals surface area contributed by atoms with Crippen LogP contribution in [-0.4, -0.2) is 21.7 Å². The molecule has 0 aliphatic rings. The molecule has 0 radical (unpaired) electrons. The number of benzene rings is 1. The van der Waals surface area contributed by atoms with Gasteiger partial charge in [-0.05, 0) is 35.6 Å². The van der Waals surface area contributed by atoms with Gasteiger partial charge in [-0.15, -0.1) is 0 Å². The number of ether oxygens (including phenoxy) is 1. The number of hydrogen-bond acceptors (Lipinski definition) is 6. The first-order valence-corrected chi connectivity index (χ1v) is 7.45. The predicted molar refractivity (Wildman–Crippen MR) is 75.1 cm³/mol. The molecule has 2 aromatic rings. The molecule has 18 heavy (non-hydrogen) atoms. The molecule has 1 aromatic carbocycles. The Labute approximate surface area is 115 Å². The van der Waals surface area contributed by atoms with Crippen molar-refractivity contribution in [3.05, 3.63) is 36.2 Å². The van der Waals surface area contributed by atoms with Crippen molar-refractivity contribution >= 4 is 23.3 Å². The van der Waals surface area contributed by atoms with E-state index in [9.17, 15) is 0 Å². The average molecular weight is 281 g/mol. The minimum absolute atomic E-state index is 0.546. The van der Waals surface area contributed by atoms with Crippen LogP contribution in [0.1, 0.15) is 12.0 Å². The van der Waals surface area contributed by atoms with Crippen LogP contribution >= 0.6 is 23.3 Å². The summed E-state index contributed by atoms with van der Waals surface area (Å²) in [4.78, 5) is 4.11. The number of hydrogen-bond donors (Lipinski definition) is 1. The Balaban J connectivity index is 1.65. The van der Waals surface area contributed by atoms with Gasteiger partial charge < -0.3 is 10.5 Å². The van der Waals surface area contributed by atoms with Crippen molar-refractivity contribution in [1.82, 2.24) is 9.36 Å². The summed E-state index contributed by atoms with van der Waals surface area (Å²) in [7, 11) is 0. The highest BCUT2D eigenvalue weighted by atomic mass is 32.2. The van der Waals surface area contributed by atoms with Crippen molar-refractivity contribution in [3.63, 3.8) is 0 Å². The van der Waals surface area contributed by atoms with Gasteiger partial charge in [0.15, 0.2) is 4.34 Å². The summed E-state index contributed by atoms with van der Waals surface area (Å²) >= 11 is 3.14. The van der Waals surface area contributed by atoms with Crippen molar-refractivity contribution in [2.24, 2.45) is 5.73 Å². The van der Waals surface area contributed by atoms with Crippen LogP contribution < -0.4 is 10.5 Å². The fourth-order valence-corrected chi connectivity index (χ4v) is 2.82. The van der Waals surface area contributed by atoms with Gasteiger partial charge in [0.05, 0.1) is 6.61 Å². The normalized spacial score (nSPS) is 10.5. The smallest absolute Gasteiger partial charge is 0.169 e. The van der Waals surface area contributed by atoms with E-state index in [0.29, 0.717) is 13.2 Å². The molecule has 0 bridgehead atoms. The fourth-order valence-electron chi connectivity index (χ4n) is 1.40. The summed E-state index contributed by atoms with van der Waals surface area (Å²) in [6.45, 7) is 1.25. The predicted octanol–water partition coefficient (Wildman–Crippen LogP) is 2.56. The van der Waals surface area contributed by atoms with Crippen molar-refractivity contribution < 1.29 is 4.74 Å². The number of nitrogens with two attached hydrogens (primary N) is 1. The fraction of sp³-hybridized carbons (Fsp3) is 0.333. The van der Waals surface area contributed by atoms with Crippen molar-refractivity contribution in [2.75, 3.05) is 12.4 Å². The molecule has 2 N–H and O–H groups in total. The van der Waals surface area contributed by atoms with Crippen molar-refractivity contribution in [1.29, 1.82) is 0 Å². The van der Waals surface area contributed by atoms with Gasteiger partial charge in [0.25, 0.3) is 0 Å². The molecule has 6 heteroatoms. The zero-order valence-corrected chi connectivity index (χ0v) is 11.5. The van der Waals surface area contributed by atoms with Gasteiger partial charge in [-0.2, -0.15) is 4.37 Å². The zero-order chi connectivity index (χ0) is 12.6. The maximum Gasteiger partial charge on any atom is 0.169 e. The minimum Gasteiger partial charge on any atom is -0.494 e. The Bertz CT molecular complexity index is 462. The molecule has 2 rings (SSSR count). The Morgan fingerprint density at radius 3 is 3.11 bits per heavy atom. The zero-order valence-electron chi connectivity index (χ0n) is 9.91. The lowest BCUT2D eigenvalue weighted by atomic mass is 10.2. The SMILES string of the molecule is NCc1cccc(OCCCSc2ncns2)c1. The van der Waals surface area contributed by atoms with E-state index in [-0.39, 0.29) is 0 Å². The van der Waals surface area contributed by atoms with E-state index < -0.39 is 0 Å². The molecule has 0 fully saturated rings. The van der Waals surface area contributed by atoms with Crippen LogP contribution in [0.3, 0.4) is 0 Å². The van der Waals surface area contributed by atoms with Crippen LogP contribution in [0.2, 0.25) is 0 Å². The second-order valence-corrected chi connectivity index (χ2v) is 5.73. The van der Waals surface area contributed by atoms with Gasteiger partial charge in [-0.1, -0.05) is 23.9 Å². The van der Waals surface area contributed by atoms with Crippen LogP contribution in [0.25, 0.3) is 0 Å². The molecular weight excluding hydrogens is 266 g/mol. The van der Waals surface area contributed by atoms with E-state index in [0.717, 1.165) is 27.8 Å². The maximum absolute atomic E-state index is 5.67. The van der Waals surface area contributed by atoms with Gasteiger partial charge in [-0.25, -0.2) is 4.98 Å². The second-order valence-electron chi connectivity index (χ2n) is 3.61. The van der Waals surface area contributed by atoms with E-state index in [1.807, 2.05) is 24.3 Å². The van der Waals surface area contributed by atoms with Crippen LogP contribution in [0, 0.1) is 0 Å². The van der Waals surface area contributed by atoms with Crippen molar-refractivity contribution in [3.8, 4) is 5.75 Å². The highest BCUT2D eigenvalue weighted by Gasteiger charge is 1.98. The summed E-state index contributed by atoms with van der Waals surface area (Å²) < 4.78 is 10.6. The quantitative estimate of drug-likeness (QED) is 0.624. The topological polar surface area (TPSA) is 61.0 Å². The molecule has 4 nitrogen and oxygen atoms in total. The summed E-state index contributed by atoms with van der Waals surface area (Å²) in [5, 5.41) is 0. The summed E-state index contributed by atoms with van der Waals surface area (Å²) in [6, 6.07) is 7.90. The third-order valence-corrected chi connectivity index (χ3v) is 4.14. The average Bonchev–Trinajstić information content (AvgIpc) is 2.92. The molecule has 0 amide bonds. The first-order valence-electron chi connectivity index (χ1n) is 5.70. The molecule has 1 aromatic heterocycles. The molecule has 0 unspecified atom stereocenters. The summed E-state index contributed by atoms with van der Waals surface area (Å²) in [5.41, 5.74) is 6.67. The van der Waals surface area contributed by atoms with Crippen molar-refractivity contribution in [2.45, 2.75) is 17.3 Å². The van der Waals surface area contributed by atoms with Crippen LogP contribution in [0.5, 0.6) is 5.75 Å². The van der Waals surface area contributed by atoms with E-state index in [1.54, 1.807) is 18.1 Å². The van der Waals surface area contributed by atoms with Gasteiger partial charge in [-0.3, -0.25) is 0 Å². The molecule has 0 aliphatic heterocycles. The van der Waals surface area contributed by atoms with Gasteiger partial charge in [0.1, 0.15) is 12.1 Å². The Hall–Kier alpha value is -1.11. The number of rotatable bonds is 7. The first-order chi connectivity index (χ1) is 8.88. The highest BCUT2D eigenvalue weighted by molar-refractivity contribution is 8.00. The lowest BCUT2D eigenvalue weighted by Gasteiger charge is -2.06. The van der Waals surface area contributed by atoms with Crippen LogP contribution in [0.4, 0.5) is 0 Å². The van der Waals surface area contributed by atoms with Crippen LogP contribution in [-0.2, 0) is 6.54 Å². The number of aromatic nitrogens is 2. The van der Waals surface area contributed by atoms with E-state index >= 15 is 0 Å². The third-order valence-electron chi connectivity index (χ3n) is 2.26. The lowest BCUT2D eigenvalue weighted by Crippen LogP contribution is -2.00. The Morgan fingerprint density at radius 2 is 2.33 bits per heavy atom. The first kappa shape index (κ1) is 13.3. The summed E-state index contributed by atoms with van der Waals surface area (Å²) in [6.07, 6.45) is 2.57. The molecule has 0 saturated heterocycles. The molecule has 0 atom stereocenters. The minimum atomic E-state index is 0.546. The van der Waals surface area contributed by atoms with Crippen LogP contribution in [0.15, 0.2) is 34.9 Å². The second kappa shape index (κ2) is 7.35. The summed E-state index contributed by atoms with van der Waals surface area (Å²) in [5.74, 6) is 1.88. The van der Waals surface area contributed by atoms with E-state index in [2.05, 4.69) is 9.36 Å². The standard InChI is InChI=1S/C12H15N3OS2/c13-8-10-3-1-4-11(7-10)16-5-2-6-17-12-14-9-15-18-12/h1,3-4,7,9H,2,5-6,8,13H2. The van der Waals surface area contributed by atoms with Gasteiger partial charge in [0, 0.05) is 12.3 Å². The number of nitrogens with zero attached hydrogens (tertiary/aromatic N) is 2. The van der Waals surface area contributed by atoms with E-state index in [4.69, 9.17) is 10.5 Å². The molecule has 0 saturated carbocycles. The molecule has 1 heterocycles. The maximum atomic E-state index is 5.67. The molecular formula is C12H15N3OS2. The lowest BCUT2D eigenvalue weighted by molar-refractivity contribution is 0.318. The largest absolute Gasteiger partial charge is 0.494 e. The molecule has 0 spiro atoms. The molecule has 0 aliphatic carbocycles. The third kappa shape index (κ3) is 4.29. The monoisotopic (exact) mass is 281 g/mol. The van der Waals surface area contributed by atoms with Gasteiger partial charge in [0.2, 0.25) is 0 Å². The Morgan fingerprint density at radius 1 is 1.39 bits per heavy atom. The highest BCUT2D eigenvalue weighted by Crippen LogP contribution is 2.19. The Kier molecular flexibility index (Phi) is 5.44. The van der Waals surface area contributed by atoms with E-state index in [1.165, 1.54) is 11.5 Å². The van der Waals surface area contributed by atoms with Gasteiger partial charge >= 0.3 is 0 Å². The molecule has 96 valence electrons.